The van der Waals surface area contributed by atoms with Gasteiger partial charge in [-0.25, -0.2) is 8.42 Å². The van der Waals surface area contributed by atoms with Crippen LogP contribution in [0.1, 0.15) is 16.7 Å². The summed E-state index contributed by atoms with van der Waals surface area (Å²) in [4.78, 5) is 0. The van der Waals surface area contributed by atoms with E-state index in [1.54, 1.807) is 49.4 Å². The van der Waals surface area contributed by atoms with Crippen LogP contribution in [0.5, 0.6) is 0 Å². The van der Waals surface area contributed by atoms with Crippen molar-refractivity contribution < 1.29 is 8.42 Å². The fourth-order valence-corrected chi connectivity index (χ4v) is 3.22. The molecule has 0 saturated carbocycles. The molecule has 0 aliphatic heterocycles. The van der Waals surface area contributed by atoms with Crippen LogP contribution in [0.2, 0.25) is 0 Å². The Bertz CT molecular complexity index is 808. The highest BCUT2D eigenvalue weighted by Crippen LogP contribution is 2.22. The molecule has 0 saturated heterocycles. The van der Waals surface area contributed by atoms with E-state index in [0.717, 1.165) is 0 Å². The maximum Gasteiger partial charge on any atom is 0.236 e. The Hall–Kier alpha value is -2.52. The maximum atomic E-state index is 12.2. The van der Waals surface area contributed by atoms with E-state index >= 15 is 0 Å². The van der Waals surface area contributed by atoms with Gasteiger partial charge in [0.2, 0.25) is 10.0 Å². The Morgan fingerprint density at radius 3 is 2.62 bits per heavy atom. The number of anilines is 2. The Balaban J connectivity index is 2.28. The molecule has 2 rings (SSSR count). The van der Waals surface area contributed by atoms with Gasteiger partial charge in [-0.1, -0.05) is 24.3 Å². The number of nitriles is 1. The lowest BCUT2D eigenvalue weighted by Gasteiger charge is -2.12. The molecular formula is C15H15N3O2S. The predicted molar refractivity (Wildman–Crippen MR) is 83.0 cm³/mol. The molecule has 0 aliphatic carbocycles. The van der Waals surface area contributed by atoms with Gasteiger partial charge >= 0.3 is 0 Å². The van der Waals surface area contributed by atoms with Gasteiger partial charge in [-0.2, -0.15) is 5.26 Å². The third kappa shape index (κ3) is 3.52. The minimum absolute atomic E-state index is 0.259. The predicted octanol–water partition coefficient (Wildman–Crippen LogP) is 2.39. The summed E-state index contributed by atoms with van der Waals surface area (Å²) in [6.07, 6.45) is 0. The van der Waals surface area contributed by atoms with E-state index in [-0.39, 0.29) is 5.75 Å². The zero-order valence-electron chi connectivity index (χ0n) is 11.5. The van der Waals surface area contributed by atoms with E-state index in [9.17, 15) is 8.42 Å². The molecule has 0 bridgehead atoms. The van der Waals surface area contributed by atoms with Crippen LogP contribution in [-0.2, 0) is 15.8 Å². The fraction of sp³-hybridized carbons (Fsp3) is 0.133. The monoisotopic (exact) mass is 301 g/mol. The highest BCUT2D eigenvalue weighted by atomic mass is 32.2. The van der Waals surface area contributed by atoms with Gasteiger partial charge in [0.25, 0.3) is 0 Å². The van der Waals surface area contributed by atoms with E-state index in [2.05, 4.69) is 4.72 Å². The van der Waals surface area contributed by atoms with Gasteiger partial charge in [-0.15, -0.1) is 0 Å². The molecule has 0 heterocycles. The first-order valence-electron chi connectivity index (χ1n) is 6.26. The normalized spacial score (nSPS) is 10.9. The summed E-state index contributed by atoms with van der Waals surface area (Å²) in [5, 5.41) is 9.00. The van der Waals surface area contributed by atoms with Crippen molar-refractivity contribution in [3.63, 3.8) is 0 Å². The van der Waals surface area contributed by atoms with E-state index in [4.69, 9.17) is 11.0 Å². The van der Waals surface area contributed by atoms with Crippen LogP contribution in [0.3, 0.4) is 0 Å². The first kappa shape index (κ1) is 14.9. The van der Waals surface area contributed by atoms with Crippen LogP contribution in [0.25, 0.3) is 0 Å². The van der Waals surface area contributed by atoms with E-state index in [1.165, 1.54) is 0 Å². The Morgan fingerprint density at radius 2 is 1.90 bits per heavy atom. The van der Waals surface area contributed by atoms with Gasteiger partial charge in [-0.3, -0.25) is 4.72 Å². The third-order valence-electron chi connectivity index (χ3n) is 3.12. The van der Waals surface area contributed by atoms with Crippen LogP contribution < -0.4 is 10.5 Å². The minimum atomic E-state index is -3.62. The molecule has 3 N–H and O–H groups in total. The molecule has 0 aromatic heterocycles. The highest BCUT2D eigenvalue weighted by Gasteiger charge is 2.15. The first-order valence-corrected chi connectivity index (χ1v) is 7.92. The molecule has 21 heavy (non-hydrogen) atoms. The number of sulfonamides is 1. The zero-order valence-corrected chi connectivity index (χ0v) is 12.3. The molecule has 0 radical (unpaired) electrons. The quantitative estimate of drug-likeness (QED) is 0.847. The fourth-order valence-electron chi connectivity index (χ4n) is 1.93. The van der Waals surface area contributed by atoms with Crippen molar-refractivity contribution in [2.24, 2.45) is 0 Å². The number of nitrogens with two attached hydrogens (primary N) is 1. The molecule has 0 amide bonds. The number of hydrogen-bond acceptors (Lipinski definition) is 4. The Kier molecular flexibility index (Phi) is 4.15. The van der Waals surface area contributed by atoms with Gasteiger partial charge in [0, 0.05) is 5.69 Å². The largest absolute Gasteiger partial charge is 0.398 e. The number of rotatable bonds is 4. The lowest BCUT2D eigenvalue weighted by molar-refractivity contribution is 0.600. The van der Waals surface area contributed by atoms with Gasteiger partial charge in [0.05, 0.1) is 23.1 Å². The van der Waals surface area contributed by atoms with E-state index in [0.29, 0.717) is 28.1 Å². The first-order chi connectivity index (χ1) is 9.93. The topological polar surface area (TPSA) is 96.0 Å². The molecule has 5 nitrogen and oxygen atoms in total. The van der Waals surface area contributed by atoms with Crippen LogP contribution in [-0.4, -0.2) is 8.42 Å². The standard InChI is InChI=1S/C15H15N3O2S/c1-11-14(17)7-4-8-15(11)18-21(19,20)10-13-6-3-2-5-12(13)9-16/h2-8,18H,10,17H2,1H3. The second-order valence-electron chi connectivity index (χ2n) is 4.65. The van der Waals surface area contributed by atoms with Crippen LogP contribution in [0, 0.1) is 18.3 Å². The molecular weight excluding hydrogens is 286 g/mol. The van der Waals surface area contributed by atoms with Crippen LogP contribution >= 0.6 is 0 Å². The van der Waals surface area contributed by atoms with Gasteiger partial charge < -0.3 is 5.73 Å². The number of benzene rings is 2. The lowest BCUT2D eigenvalue weighted by atomic mass is 10.1. The van der Waals surface area contributed by atoms with Crippen molar-refractivity contribution in [2.45, 2.75) is 12.7 Å². The van der Waals surface area contributed by atoms with Gasteiger partial charge in [0.15, 0.2) is 0 Å². The van der Waals surface area contributed by atoms with Crippen molar-refractivity contribution in [3.8, 4) is 6.07 Å². The van der Waals surface area contributed by atoms with Crippen molar-refractivity contribution in [2.75, 3.05) is 10.5 Å². The van der Waals surface area contributed by atoms with Crippen LogP contribution in [0.4, 0.5) is 11.4 Å². The molecule has 2 aromatic carbocycles. The van der Waals surface area contributed by atoms with E-state index < -0.39 is 10.0 Å². The SMILES string of the molecule is Cc1c(N)cccc1NS(=O)(=O)Cc1ccccc1C#N. The van der Waals surface area contributed by atoms with Crippen LogP contribution in [0.15, 0.2) is 42.5 Å². The van der Waals surface area contributed by atoms with Gasteiger partial charge in [-0.05, 0) is 36.2 Å². The number of nitrogens with one attached hydrogen (secondary N) is 1. The Morgan fingerprint density at radius 1 is 1.19 bits per heavy atom. The Labute approximate surface area is 124 Å². The summed E-state index contributed by atoms with van der Waals surface area (Å²) in [7, 11) is -3.62. The average Bonchev–Trinajstić information content (AvgIpc) is 2.44. The minimum Gasteiger partial charge on any atom is -0.398 e. The zero-order chi connectivity index (χ0) is 15.5. The molecule has 0 spiro atoms. The summed E-state index contributed by atoms with van der Waals surface area (Å²) < 4.78 is 27.0. The molecule has 0 fully saturated rings. The van der Waals surface area contributed by atoms with Crippen molar-refractivity contribution in [1.29, 1.82) is 5.26 Å². The van der Waals surface area contributed by atoms with Crippen molar-refractivity contribution in [3.05, 3.63) is 59.2 Å². The second kappa shape index (κ2) is 5.85. The summed E-state index contributed by atoms with van der Waals surface area (Å²) in [5.74, 6) is -0.259. The summed E-state index contributed by atoms with van der Waals surface area (Å²) >= 11 is 0. The van der Waals surface area contributed by atoms with Gasteiger partial charge in [0.1, 0.15) is 0 Å². The molecule has 6 heteroatoms. The molecule has 2 aromatic rings. The second-order valence-corrected chi connectivity index (χ2v) is 6.37. The number of nitrogens with zero attached hydrogens (tertiary/aromatic N) is 1. The maximum absolute atomic E-state index is 12.2. The molecule has 0 aliphatic rings. The van der Waals surface area contributed by atoms with E-state index in [1.807, 2.05) is 6.07 Å². The number of hydrogen-bond donors (Lipinski definition) is 2. The molecule has 0 atom stereocenters. The van der Waals surface area contributed by atoms with Crippen molar-refractivity contribution in [1.82, 2.24) is 0 Å². The molecule has 108 valence electrons. The average molecular weight is 301 g/mol. The highest BCUT2D eigenvalue weighted by molar-refractivity contribution is 7.91. The summed E-state index contributed by atoms with van der Waals surface area (Å²) in [6, 6.07) is 13.7. The third-order valence-corrected chi connectivity index (χ3v) is 4.35. The summed E-state index contributed by atoms with van der Waals surface area (Å²) in [5.41, 5.74) is 8.23. The smallest absolute Gasteiger partial charge is 0.236 e. The summed E-state index contributed by atoms with van der Waals surface area (Å²) in [6.45, 7) is 1.75. The molecule has 0 unspecified atom stereocenters. The van der Waals surface area contributed by atoms with Crippen molar-refractivity contribution >= 4 is 21.4 Å². The number of nitrogen functional groups attached to an aromatic ring is 1. The lowest BCUT2D eigenvalue weighted by Crippen LogP contribution is -2.16.